The zero-order valence-corrected chi connectivity index (χ0v) is 15.1. The molecule has 27 heavy (non-hydrogen) atoms. The van der Waals surface area contributed by atoms with E-state index in [9.17, 15) is 0 Å². The van der Waals surface area contributed by atoms with Gasteiger partial charge in [-0.15, -0.1) is 0 Å². The van der Waals surface area contributed by atoms with Crippen LogP contribution in [0, 0.1) is 0 Å². The number of aromatic nitrogens is 5. The number of anilines is 3. The number of rotatable bonds is 3. The van der Waals surface area contributed by atoms with Crippen molar-refractivity contribution in [2.75, 3.05) is 67.2 Å². The van der Waals surface area contributed by atoms with Crippen molar-refractivity contribution >= 4 is 23.1 Å². The topological polar surface area (TPSA) is 74.9 Å². The van der Waals surface area contributed by atoms with Crippen LogP contribution in [0.15, 0.2) is 36.9 Å². The van der Waals surface area contributed by atoms with Crippen molar-refractivity contribution in [3.05, 3.63) is 36.9 Å². The fraction of sp³-hybridized carbons (Fsp3) is 0.444. The van der Waals surface area contributed by atoms with E-state index in [1.165, 1.54) is 0 Å². The second-order valence-electron chi connectivity index (χ2n) is 6.70. The first kappa shape index (κ1) is 16.2. The lowest BCUT2D eigenvalue weighted by atomic mass is 10.3. The van der Waals surface area contributed by atoms with Gasteiger partial charge in [0.1, 0.15) is 11.3 Å². The Morgan fingerprint density at radius 3 is 2.44 bits per heavy atom. The van der Waals surface area contributed by atoms with Crippen molar-refractivity contribution < 1.29 is 4.74 Å². The monoisotopic (exact) mass is 366 g/mol. The molecule has 0 spiro atoms. The molecule has 0 unspecified atom stereocenters. The van der Waals surface area contributed by atoms with Crippen molar-refractivity contribution in [3.8, 4) is 0 Å². The van der Waals surface area contributed by atoms with Crippen LogP contribution < -0.4 is 14.7 Å². The zero-order chi connectivity index (χ0) is 18.1. The second kappa shape index (κ2) is 6.99. The third kappa shape index (κ3) is 3.14. The Kier molecular flexibility index (Phi) is 4.21. The lowest BCUT2D eigenvalue weighted by Crippen LogP contribution is -2.47. The van der Waals surface area contributed by atoms with Crippen molar-refractivity contribution in [1.29, 1.82) is 0 Å². The average molecular weight is 366 g/mol. The van der Waals surface area contributed by atoms with Crippen molar-refractivity contribution in [2.45, 2.75) is 0 Å². The summed E-state index contributed by atoms with van der Waals surface area (Å²) in [5.74, 6) is 2.77. The molecule has 2 aliphatic rings. The number of hydrogen-bond donors (Lipinski definition) is 0. The van der Waals surface area contributed by atoms with Crippen LogP contribution >= 0.6 is 0 Å². The molecule has 0 bridgehead atoms. The highest BCUT2D eigenvalue weighted by Gasteiger charge is 2.22. The van der Waals surface area contributed by atoms with E-state index in [1.807, 2.05) is 35.2 Å². The molecule has 9 heteroatoms. The van der Waals surface area contributed by atoms with Crippen LogP contribution in [0.3, 0.4) is 0 Å². The predicted molar refractivity (Wildman–Crippen MR) is 102 cm³/mol. The fourth-order valence-corrected chi connectivity index (χ4v) is 3.67. The van der Waals surface area contributed by atoms with Crippen LogP contribution in [0.1, 0.15) is 0 Å². The number of hydrogen-bond acceptors (Lipinski definition) is 8. The van der Waals surface area contributed by atoms with Crippen LogP contribution in [0.5, 0.6) is 0 Å². The van der Waals surface area contributed by atoms with E-state index in [1.54, 1.807) is 6.20 Å². The first-order chi connectivity index (χ1) is 13.4. The van der Waals surface area contributed by atoms with Gasteiger partial charge in [0, 0.05) is 57.9 Å². The van der Waals surface area contributed by atoms with Gasteiger partial charge in [-0.3, -0.25) is 0 Å². The minimum absolute atomic E-state index is 0.736. The van der Waals surface area contributed by atoms with Crippen molar-refractivity contribution in [3.63, 3.8) is 0 Å². The van der Waals surface area contributed by atoms with Gasteiger partial charge in [-0.25, -0.2) is 14.5 Å². The highest BCUT2D eigenvalue weighted by atomic mass is 16.5. The van der Waals surface area contributed by atoms with E-state index in [-0.39, 0.29) is 0 Å². The summed E-state index contributed by atoms with van der Waals surface area (Å²) in [4.78, 5) is 20.6. The van der Waals surface area contributed by atoms with Gasteiger partial charge in [0.25, 0.3) is 0 Å². The first-order valence-corrected chi connectivity index (χ1v) is 9.32. The van der Waals surface area contributed by atoms with Gasteiger partial charge in [0.05, 0.1) is 19.4 Å². The van der Waals surface area contributed by atoms with E-state index in [0.29, 0.717) is 0 Å². The molecule has 9 nitrogen and oxygen atoms in total. The lowest BCUT2D eigenvalue weighted by Gasteiger charge is -2.36. The van der Waals surface area contributed by atoms with Crippen LogP contribution in [-0.4, -0.2) is 77.0 Å². The number of ether oxygens (including phenoxy) is 1. The molecule has 0 atom stereocenters. The van der Waals surface area contributed by atoms with Crippen molar-refractivity contribution in [1.82, 2.24) is 24.6 Å². The number of piperazine rings is 1. The van der Waals surface area contributed by atoms with E-state index < -0.39 is 0 Å². The van der Waals surface area contributed by atoms with Crippen LogP contribution in [0.2, 0.25) is 0 Å². The summed E-state index contributed by atoms with van der Waals surface area (Å²) in [5.41, 5.74) is 1.04. The molecule has 0 saturated carbocycles. The van der Waals surface area contributed by atoms with Gasteiger partial charge in [-0.2, -0.15) is 10.1 Å². The zero-order valence-electron chi connectivity index (χ0n) is 15.1. The third-order valence-corrected chi connectivity index (χ3v) is 5.13. The smallest absolute Gasteiger partial charge is 0.227 e. The minimum atomic E-state index is 0.736. The van der Waals surface area contributed by atoms with Gasteiger partial charge >= 0.3 is 0 Å². The van der Waals surface area contributed by atoms with Crippen LogP contribution in [0.4, 0.5) is 17.6 Å². The maximum Gasteiger partial charge on any atom is 0.227 e. The second-order valence-corrected chi connectivity index (χ2v) is 6.70. The average Bonchev–Trinajstić information content (AvgIpc) is 3.24. The number of fused-ring (bicyclic) bond motifs is 1. The van der Waals surface area contributed by atoms with Gasteiger partial charge in [0.15, 0.2) is 5.82 Å². The maximum absolute atomic E-state index is 5.42. The molecule has 2 aliphatic heterocycles. The molecule has 140 valence electrons. The molecule has 0 radical (unpaired) electrons. The third-order valence-electron chi connectivity index (χ3n) is 5.13. The number of morpholine rings is 1. The van der Waals surface area contributed by atoms with Gasteiger partial charge in [-0.1, -0.05) is 0 Å². The van der Waals surface area contributed by atoms with Gasteiger partial charge in [-0.05, 0) is 12.1 Å². The molecule has 2 fully saturated rings. The molecule has 5 rings (SSSR count). The summed E-state index contributed by atoms with van der Waals surface area (Å²) in [7, 11) is 0. The quantitative estimate of drug-likeness (QED) is 0.670. The molecular formula is C18H22N8O. The Labute approximate surface area is 157 Å². The lowest BCUT2D eigenvalue weighted by molar-refractivity contribution is 0.122. The van der Waals surface area contributed by atoms with Crippen LogP contribution in [-0.2, 0) is 4.74 Å². The molecule has 3 aromatic heterocycles. The molecule has 0 aliphatic carbocycles. The highest BCUT2D eigenvalue weighted by Crippen LogP contribution is 2.22. The van der Waals surface area contributed by atoms with Gasteiger partial charge in [0.2, 0.25) is 5.95 Å². The largest absolute Gasteiger partial charge is 0.378 e. The summed E-state index contributed by atoms with van der Waals surface area (Å²) in [6.45, 7) is 6.76. The predicted octanol–water partition coefficient (Wildman–Crippen LogP) is 0.682. The standard InChI is InChI=1S/C18H22N8O/c1-4-21-26-6-5-19-17(15(1)26)24-9-7-23(8-10-24)16-2-3-20-18(22-16)25-11-13-27-14-12-25/h1-6H,7-14H2. The van der Waals surface area contributed by atoms with E-state index in [4.69, 9.17) is 9.72 Å². The van der Waals surface area contributed by atoms with Gasteiger partial charge < -0.3 is 19.4 Å². The Morgan fingerprint density at radius 2 is 1.59 bits per heavy atom. The summed E-state index contributed by atoms with van der Waals surface area (Å²) in [6.07, 6.45) is 7.35. The molecule has 5 heterocycles. The Morgan fingerprint density at radius 1 is 0.778 bits per heavy atom. The first-order valence-electron chi connectivity index (χ1n) is 9.32. The summed E-state index contributed by atoms with van der Waals surface area (Å²) in [5, 5.41) is 4.30. The highest BCUT2D eigenvalue weighted by molar-refractivity contribution is 5.68. The summed E-state index contributed by atoms with van der Waals surface area (Å²) < 4.78 is 7.29. The normalized spacial score (nSPS) is 18.3. The summed E-state index contributed by atoms with van der Waals surface area (Å²) in [6, 6.07) is 4.00. The van der Waals surface area contributed by atoms with Crippen molar-refractivity contribution in [2.24, 2.45) is 0 Å². The van der Waals surface area contributed by atoms with E-state index in [2.05, 4.69) is 29.8 Å². The van der Waals surface area contributed by atoms with E-state index in [0.717, 1.165) is 75.6 Å². The molecule has 0 aromatic carbocycles. The molecule has 2 saturated heterocycles. The minimum Gasteiger partial charge on any atom is -0.378 e. The molecule has 0 amide bonds. The Bertz CT molecular complexity index is 914. The fourth-order valence-electron chi connectivity index (χ4n) is 3.67. The Balaban J connectivity index is 1.30. The maximum atomic E-state index is 5.42. The SMILES string of the molecule is c1cc(N2CCN(c3nccn4nccc34)CC2)nc(N2CCOCC2)n1. The Hall–Kier alpha value is -2.94. The van der Waals surface area contributed by atoms with Crippen LogP contribution in [0.25, 0.3) is 5.52 Å². The number of nitrogens with zero attached hydrogens (tertiary/aromatic N) is 8. The van der Waals surface area contributed by atoms with E-state index >= 15 is 0 Å². The molecular weight excluding hydrogens is 344 g/mol. The molecule has 3 aromatic rings. The summed E-state index contributed by atoms with van der Waals surface area (Å²) >= 11 is 0. The molecule has 0 N–H and O–H groups in total.